The van der Waals surface area contributed by atoms with E-state index in [-0.39, 0.29) is 61.1 Å². The van der Waals surface area contributed by atoms with E-state index in [1.165, 1.54) is 38.5 Å². The van der Waals surface area contributed by atoms with Crippen LogP contribution in [-0.4, -0.2) is 91.9 Å². The first-order valence-corrected chi connectivity index (χ1v) is 11.4. The maximum absolute atomic E-state index is 11.7. The van der Waals surface area contributed by atoms with Crippen LogP contribution in [0.15, 0.2) is 0 Å². The Hall–Kier alpha value is -1.69. The van der Waals surface area contributed by atoms with Gasteiger partial charge in [0.2, 0.25) is 5.91 Å². The molecule has 0 aromatic carbocycles. The molecule has 12 heteroatoms. The summed E-state index contributed by atoms with van der Waals surface area (Å²) in [4.78, 5) is 53.0. The number of aliphatic carboxylic acids is 4. The molecule has 2 atom stereocenters. The van der Waals surface area contributed by atoms with Crippen molar-refractivity contribution < 1.29 is 44.4 Å². The monoisotopic (exact) mass is 500 g/mol. The summed E-state index contributed by atoms with van der Waals surface area (Å²) in [5.74, 6) is -4.76. The molecule has 0 aliphatic carbocycles. The first-order valence-electron chi connectivity index (χ1n) is 11.4. The number of hydrogen-bond donors (Lipinski definition) is 6. The minimum atomic E-state index is -1.19. The van der Waals surface area contributed by atoms with Crippen LogP contribution in [-0.2, 0) is 24.0 Å². The summed E-state index contributed by atoms with van der Waals surface area (Å²) in [6, 6.07) is -2.17. The van der Waals surface area contributed by atoms with E-state index >= 15 is 0 Å². The van der Waals surface area contributed by atoms with E-state index < -0.39 is 36.0 Å². The van der Waals surface area contributed by atoms with Gasteiger partial charge >= 0.3 is 53.4 Å². The Labute approximate surface area is 223 Å². The Morgan fingerprint density at radius 2 is 1.12 bits per heavy atom. The summed E-state index contributed by atoms with van der Waals surface area (Å²) in [7, 11) is 0. The summed E-state index contributed by atoms with van der Waals surface area (Å²) in [5.41, 5.74) is 5.00. The number of nitrogens with one attached hydrogen (secondary N) is 1. The van der Waals surface area contributed by atoms with Crippen LogP contribution in [0.4, 0.5) is 0 Å². The number of nitrogens with two attached hydrogens (primary N) is 1. The van der Waals surface area contributed by atoms with Crippen LogP contribution in [0, 0.1) is 0 Å². The van der Waals surface area contributed by atoms with Gasteiger partial charge in [0.25, 0.3) is 0 Å². The molecule has 7 N–H and O–H groups in total. The molecule has 11 nitrogen and oxygen atoms in total. The molecule has 0 fully saturated rings. The van der Waals surface area contributed by atoms with Gasteiger partial charge in [-0.05, 0) is 19.3 Å². The van der Waals surface area contributed by atoms with Gasteiger partial charge in [-0.3, -0.25) is 19.2 Å². The molecule has 194 valence electrons. The van der Waals surface area contributed by atoms with Crippen molar-refractivity contribution >= 4 is 59.3 Å². The van der Waals surface area contributed by atoms with Crippen LogP contribution in [0.1, 0.15) is 96.8 Å². The number of hydrogen-bond acceptors (Lipinski definition) is 6. The number of rotatable bonds is 19. The van der Waals surface area contributed by atoms with Crippen molar-refractivity contribution in [3.8, 4) is 0 Å². The van der Waals surface area contributed by atoms with Gasteiger partial charge < -0.3 is 31.5 Å². The van der Waals surface area contributed by atoms with Crippen molar-refractivity contribution in [3.05, 3.63) is 0 Å². The van der Waals surface area contributed by atoms with Crippen molar-refractivity contribution in [3.63, 3.8) is 0 Å². The summed E-state index contributed by atoms with van der Waals surface area (Å²) < 4.78 is 0. The van der Waals surface area contributed by atoms with Crippen molar-refractivity contribution in [2.45, 2.75) is 109 Å². The van der Waals surface area contributed by atoms with Crippen LogP contribution >= 0.6 is 0 Å². The molecule has 34 heavy (non-hydrogen) atoms. The summed E-state index contributed by atoms with van der Waals surface area (Å²) >= 11 is 0. The molecule has 0 bridgehead atoms. The fourth-order valence-corrected chi connectivity index (χ4v) is 2.79. The fraction of sp³-hybridized carbons (Fsp3) is 0.773. The Morgan fingerprint density at radius 3 is 1.53 bits per heavy atom. The molecular weight excluding hydrogens is 459 g/mol. The number of carboxylic acid groups (broad SMARTS) is 4. The molecule has 0 aromatic heterocycles. The number of carbonyl (C=O) groups is 5. The van der Waals surface area contributed by atoms with Gasteiger partial charge in [0.15, 0.2) is 0 Å². The van der Waals surface area contributed by atoms with Crippen molar-refractivity contribution in [2.24, 2.45) is 5.73 Å². The molecule has 0 aromatic rings. The molecule has 0 unspecified atom stereocenters. The summed E-state index contributed by atoms with van der Waals surface area (Å²) in [6.07, 6.45) is 10.1. The molecule has 0 aliphatic rings. The molecule has 0 aliphatic heterocycles. The average molecular weight is 501 g/mol. The first kappa shape index (κ1) is 36.9. The van der Waals surface area contributed by atoms with Gasteiger partial charge in [-0.25, -0.2) is 4.79 Å². The van der Waals surface area contributed by atoms with Crippen molar-refractivity contribution in [2.75, 3.05) is 0 Å². The van der Waals surface area contributed by atoms with Gasteiger partial charge in [0, 0.05) is 19.3 Å². The van der Waals surface area contributed by atoms with Crippen molar-refractivity contribution in [1.29, 1.82) is 0 Å². The molecular formula is C22H41N2NaO9. The normalized spacial score (nSPS) is 11.7. The molecule has 0 spiro atoms. The van der Waals surface area contributed by atoms with E-state index in [2.05, 4.69) is 12.2 Å². The van der Waals surface area contributed by atoms with E-state index in [0.29, 0.717) is 6.42 Å². The molecule has 0 saturated carbocycles. The molecule has 0 saturated heterocycles. The predicted molar refractivity (Wildman–Crippen MR) is 128 cm³/mol. The number of unbranched alkanes of at least 4 members (excludes halogenated alkanes) is 8. The zero-order valence-corrected chi connectivity index (χ0v) is 19.5. The van der Waals surface area contributed by atoms with Crippen LogP contribution < -0.4 is 11.1 Å². The second-order valence-electron chi connectivity index (χ2n) is 7.85. The summed E-state index contributed by atoms with van der Waals surface area (Å²) in [5, 5.41) is 36.2. The van der Waals surface area contributed by atoms with Gasteiger partial charge in [-0.15, -0.1) is 0 Å². The van der Waals surface area contributed by atoms with E-state index in [9.17, 15) is 24.0 Å². The molecule has 0 heterocycles. The van der Waals surface area contributed by atoms with Gasteiger partial charge in [-0.2, -0.15) is 0 Å². The van der Waals surface area contributed by atoms with Crippen LogP contribution in [0.25, 0.3) is 0 Å². The van der Waals surface area contributed by atoms with Crippen LogP contribution in [0.2, 0.25) is 0 Å². The van der Waals surface area contributed by atoms with E-state index in [4.69, 9.17) is 26.2 Å². The number of carboxylic acids is 4. The zero-order chi connectivity index (χ0) is 25.6. The Kier molecular flexibility index (Phi) is 26.5. The van der Waals surface area contributed by atoms with E-state index in [1.54, 1.807) is 0 Å². The second kappa shape index (κ2) is 24.4. The zero-order valence-electron chi connectivity index (χ0n) is 19.5. The Bertz CT molecular complexity index is 603. The Balaban J connectivity index is -0.000000736. The summed E-state index contributed by atoms with van der Waals surface area (Å²) in [6.45, 7) is 2.20. The van der Waals surface area contributed by atoms with Gasteiger partial charge in [-0.1, -0.05) is 58.3 Å². The third-order valence-corrected chi connectivity index (χ3v) is 4.77. The van der Waals surface area contributed by atoms with Crippen molar-refractivity contribution in [1.82, 2.24) is 5.32 Å². The second-order valence-corrected chi connectivity index (χ2v) is 7.85. The number of carbonyl (C=O) groups excluding carboxylic acids is 1. The third kappa shape index (κ3) is 26.6. The minimum absolute atomic E-state index is 0. The quantitative estimate of drug-likeness (QED) is 0.112. The van der Waals surface area contributed by atoms with E-state index in [1.807, 2.05) is 0 Å². The SMILES string of the molecule is CCCCCCCCCCCC(=O)N[C@@H](CCC(=O)O)C(=O)O.N[C@@H](CCC(=O)O)C(=O)O.[NaH]. The standard InChI is InChI=1S/C17H31NO5.C5H9NO4.Na.H/c1-2-3-4-5-6-7-8-9-10-11-15(19)18-14(17(22)23)12-13-16(20)21;6-3(5(9)10)1-2-4(7)8;;/h14H,2-13H2,1H3,(H,18,19)(H,20,21)(H,22,23);3H,1-2,6H2,(H,7,8)(H,9,10);;/t14-;3-;;/m00../s1. The molecule has 0 radical (unpaired) electrons. The van der Waals surface area contributed by atoms with Gasteiger partial charge in [0.05, 0.1) is 0 Å². The molecule has 0 rings (SSSR count). The Morgan fingerprint density at radius 1 is 0.676 bits per heavy atom. The predicted octanol–water partition coefficient (Wildman–Crippen LogP) is 1.96. The maximum atomic E-state index is 11.7. The van der Waals surface area contributed by atoms with Crippen LogP contribution in [0.3, 0.4) is 0 Å². The van der Waals surface area contributed by atoms with Gasteiger partial charge in [0.1, 0.15) is 12.1 Å². The molecule has 1 amide bonds. The first-order chi connectivity index (χ1) is 15.5. The topological polar surface area (TPSA) is 204 Å². The fourth-order valence-electron chi connectivity index (χ4n) is 2.79. The van der Waals surface area contributed by atoms with Crippen LogP contribution in [0.5, 0.6) is 0 Å². The number of amides is 1. The average Bonchev–Trinajstić information content (AvgIpc) is 2.73. The third-order valence-electron chi connectivity index (χ3n) is 4.77. The van der Waals surface area contributed by atoms with E-state index in [0.717, 1.165) is 19.3 Å².